The Bertz CT molecular complexity index is 828. The Morgan fingerprint density at radius 2 is 1.06 bits per heavy atom. The molecule has 0 radical (unpaired) electrons. The van der Waals surface area contributed by atoms with Crippen molar-refractivity contribution in [3.8, 4) is 11.5 Å². The van der Waals surface area contributed by atoms with Crippen LogP contribution in [0.5, 0.6) is 11.5 Å². The molecule has 0 saturated heterocycles. The van der Waals surface area contributed by atoms with Gasteiger partial charge in [0.1, 0.15) is 11.5 Å². The van der Waals surface area contributed by atoms with Crippen LogP contribution in [0.15, 0.2) is 36.4 Å². The maximum absolute atomic E-state index is 10.9. The number of phenolic OH excluding ortho intramolecular Hbond substituents is 2. The standard InChI is InChI=1S/C29H40O2/c1-18-11-13-22(20(3)15-18)24-7-5-9-28(30)26(24)17-27-25(8-6-10-29(27)31)23-14-12-19(2)16-21(23)4/h5-10,18-23,30-31H,11-17H2,1-4H3. The highest BCUT2D eigenvalue weighted by Gasteiger charge is 2.31. The highest BCUT2D eigenvalue weighted by atomic mass is 16.3. The van der Waals surface area contributed by atoms with Crippen molar-refractivity contribution < 1.29 is 10.2 Å². The van der Waals surface area contributed by atoms with Crippen molar-refractivity contribution in [3.63, 3.8) is 0 Å². The number of rotatable bonds is 4. The van der Waals surface area contributed by atoms with Crippen LogP contribution in [0.2, 0.25) is 0 Å². The number of hydrogen-bond donors (Lipinski definition) is 2. The van der Waals surface area contributed by atoms with Crippen LogP contribution in [0.25, 0.3) is 0 Å². The molecule has 2 fully saturated rings. The quantitative estimate of drug-likeness (QED) is 0.530. The van der Waals surface area contributed by atoms with Crippen molar-refractivity contribution in [1.82, 2.24) is 0 Å². The molecule has 0 amide bonds. The second kappa shape index (κ2) is 9.27. The summed E-state index contributed by atoms with van der Waals surface area (Å²) in [7, 11) is 0. The summed E-state index contributed by atoms with van der Waals surface area (Å²) in [6.45, 7) is 9.45. The molecule has 2 aliphatic carbocycles. The summed E-state index contributed by atoms with van der Waals surface area (Å²) in [5, 5.41) is 21.8. The monoisotopic (exact) mass is 420 g/mol. The molecule has 2 heteroatoms. The lowest BCUT2D eigenvalue weighted by atomic mass is 9.70. The molecule has 0 aromatic heterocycles. The molecule has 2 N–H and O–H groups in total. The first-order valence-corrected chi connectivity index (χ1v) is 12.5. The van der Waals surface area contributed by atoms with Crippen molar-refractivity contribution in [1.29, 1.82) is 0 Å². The molecule has 6 unspecified atom stereocenters. The van der Waals surface area contributed by atoms with Crippen LogP contribution < -0.4 is 0 Å². The SMILES string of the molecule is CC1CCC(c2cccc(O)c2Cc2c(O)cccc2C2CCC(C)CC2C)C(C)C1. The zero-order chi connectivity index (χ0) is 22.1. The summed E-state index contributed by atoms with van der Waals surface area (Å²) < 4.78 is 0. The number of hydrogen-bond acceptors (Lipinski definition) is 2. The fourth-order valence-corrected chi connectivity index (χ4v) is 6.70. The van der Waals surface area contributed by atoms with Crippen LogP contribution in [0.4, 0.5) is 0 Å². The highest BCUT2D eigenvalue weighted by Crippen LogP contribution is 2.46. The Morgan fingerprint density at radius 1 is 0.645 bits per heavy atom. The molecule has 2 saturated carbocycles. The summed E-state index contributed by atoms with van der Waals surface area (Å²) in [5.41, 5.74) is 4.62. The summed E-state index contributed by atoms with van der Waals surface area (Å²) in [5.74, 6) is 4.54. The van der Waals surface area contributed by atoms with Gasteiger partial charge in [-0.3, -0.25) is 0 Å². The van der Waals surface area contributed by atoms with Crippen LogP contribution >= 0.6 is 0 Å². The smallest absolute Gasteiger partial charge is 0.119 e. The normalized spacial score (nSPS) is 31.5. The van der Waals surface area contributed by atoms with E-state index < -0.39 is 0 Å². The van der Waals surface area contributed by atoms with E-state index in [9.17, 15) is 10.2 Å². The Balaban J connectivity index is 1.71. The first-order valence-electron chi connectivity index (χ1n) is 12.5. The van der Waals surface area contributed by atoms with Crippen LogP contribution in [-0.2, 0) is 6.42 Å². The molecular weight excluding hydrogens is 380 g/mol. The van der Waals surface area contributed by atoms with Gasteiger partial charge in [-0.25, -0.2) is 0 Å². The van der Waals surface area contributed by atoms with Crippen LogP contribution in [0.1, 0.15) is 100 Å². The van der Waals surface area contributed by atoms with Crippen LogP contribution in [-0.4, -0.2) is 10.2 Å². The Hall–Kier alpha value is -1.96. The zero-order valence-corrected chi connectivity index (χ0v) is 19.8. The predicted octanol–water partition coefficient (Wildman–Crippen LogP) is 7.77. The highest BCUT2D eigenvalue weighted by molar-refractivity contribution is 5.50. The molecular formula is C29H40O2. The van der Waals surface area contributed by atoms with Gasteiger partial charge in [-0.2, -0.15) is 0 Å². The van der Waals surface area contributed by atoms with E-state index in [4.69, 9.17) is 0 Å². The third-order valence-electron chi connectivity index (χ3n) is 8.39. The van der Waals surface area contributed by atoms with E-state index in [1.807, 2.05) is 24.3 Å². The molecule has 0 bridgehead atoms. The molecule has 6 atom stereocenters. The molecule has 0 aliphatic heterocycles. The van der Waals surface area contributed by atoms with E-state index in [1.165, 1.54) is 49.7 Å². The van der Waals surface area contributed by atoms with E-state index in [-0.39, 0.29) is 0 Å². The summed E-state index contributed by atoms with van der Waals surface area (Å²) >= 11 is 0. The molecule has 31 heavy (non-hydrogen) atoms. The minimum Gasteiger partial charge on any atom is -0.508 e. The van der Waals surface area contributed by atoms with E-state index in [1.54, 1.807) is 0 Å². The van der Waals surface area contributed by atoms with Gasteiger partial charge in [-0.05, 0) is 84.5 Å². The number of aromatic hydroxyl groups is 2. The fourth-order valence-electron chi connectivity index (χ4n) is 6.70. The zero-order valence-electron chi connectivity index (χ0n) is 19.8. The molecule has 2 aliphatic rings. The summed E-state index contributed by atoms with van der Waals surface area (Å²) in [6, 6.07) is 12.1. The van der Waals surface area contributed by atoms with E-state index in [2.05, 4.69) is 39.8 Å². The lowest BCUT2D eigenvalue weighted by Crippen LogP contribution is -2.22. The van der Waals surface area contributed by atoms with Crippen LogP contribution in [0, 0.1) is 23.7 Å². The van der Waals surface area contributed by atoms with Crippen molar-refractivity contribution in [2.75, 3.05) is 0 Å². The van der Waals surface area contributed by atoms with Gasteiger partial charge in [0, 0.05) is 17.5 Å². The molecule has 2 aromatic rings. The molecule has 168 valence electrons. The molecule has 4 rings (SSSR count). The maximum atomic E-state index is 10.9. The largest absolute Gasteiger partial charge is 0.508 e. The lowest BCUT2D eigenvalue weighted by Gasteiger charge is -2.35. The second-order valence-electron chi connectivity index (χ2n) is 10.9. The fraction of sp³-hybridized carbons (Fsp3) is 0.586. The summed E-state index contributed by atoms with van der Waals surface area (Å²) in [6.07, 6.45) is 7.99. The summed E-state index contributed by atoms with van der Waals surface area (Å²) in [4.78, 5) is 0. The van der Waals surface area contributed by atoms with Gasteiger partial charge >= 0.3 is 0 Å². The van der Waals surface area contributed by atoms with Gasteiger partial charge in [0.2, 0.25) is 0 Å². The van der Waals surface area contributed by atoms with Crippen molar-refractivity contribution >= 4 is 0 Å². The van der Waals surface area contributed by atoms with Crippen molar-refractivity contribution in [3.05, 3.63) is 58.7 Å². The third-order valence-corrected chi connectivity index (χ3v) is 8.39. The van der Waals surface area contributed by atoms with E-state index >= 15 is 0 Å². The molecule has 2 nitrogen and oxygen atoms in total. The first-order chi connectivity index (χ1) is 14.8. The van der Waals surface area contributed by atoms with E-state index in [0.717, 1.165) is 23.0 Å². The van der Waals surface area contributed by atoms with Gasteiger partial charge in [0.25, 0.3) is 0 Å². The Kier molecular flexibility index (Phi) is 6.65. The Labute approximate surface area is 188 Å². The molecule has 2 aromatic carbocycles. The average molecular weight is 421 g/mol. The van der Waals surface area contributed by atoms with E-state index in [0.29, 0.717) is 41.6 Å². The van der Waals surface area contributed by atoms with Gasteiger partial charge in [0.15, 0.2) is 0 Å². The van der Waals surface area contributed by atoms with Gasteiger partial charge in [-0.15, -0.1) is 0 Å². The Morgan fingerprint density at radius 3 is 1.45 bits per heavy atom. The maximum Gasteiger partial charge on any atom is 0.119 e. The first kappa shape index (κ1) is 22.2. The molecule has 0 heterocycles. The molecule has 0 spiro atoms. The van der Waals surface area contributed by atoms with Gasteiger partial charge < -0.3 is 10.2 Å². The number of benzene rings is 2. The third kappa shape index (κ3) is 4.64. The minimum absolute atomic E-state index is 0.378. The second-order valence-corrected chi connectivity index (χ2v) is 10.9. The van der Waals surface area contributed by atoms with Gasteiger partial charge in [-0.1, -0.05) is 64.8 Å². The number of phenols is 2. The van der Waals surface area contributed by atoms with Crippen LogP contribution in [0.3, 0.4) is 0 Å². The van der Waals surface area contributed by atoms with Crippen molar-refractivity contribution in [2.45, 2.75) is 84.5 Å². The van der Waals surface area contributed by atoms with Crippen molar-refractivity contribution in [2.24, 2.45) is 23.7 Å². The minimum atomic E-state index is 0.378. The topological polar surface area (TPSA) is 40.5 Å². The lowest BCUT2D eigenvalue weighted by molar-refractivity contribution is 0.259. The van der Waals surface area contributed by atoms with Gasteiger partial charge in [0.05, 0.1) is 0 Å². The predicted molar refractivity (Wildman–Crippen MR) is 129 cm³/mol. The average Bonchev–Trinajstić information content (AvgIpc) is 2.71.